The summed E-state index contributed by atoms with van der Waals surface area (Å²) in [7, 11) is 0. The largest absolute Gasteiger partial charge is 0.481 e. The fourth-order valence-corrected chi connectivity index (χ4v) is 3.69. The zero-order valence-corrected chi connectivity index (χ0v) is 9.30. The second-order valence-electron chi connectivity index (χ2n) is 4.39. The maximum Gasteiger partial charge on any atom is 0.308 e. The molecule has 2 aliphatic heterocycles. The Morgan fingerprint density at radius 2 is 2.29 bits per heavy atom. The molecule has 3 atom stereocenters. The molecule has 3 unspecified atom stereocenters. The number of likely N-dealkylation sites (tertiary alicyclic amines) is 1. The zero-order valence-electron chi connectivity index (χ0n) is 8.48. The lowest BCUT2D eigenvalue weighted by molar-refractivity contribution is -0.142. The Morgan fingerprint density at radius 1 is 1.50 bits per heavy atom. The third-order valence-corrected chi connectivity index (χ3v) is 4.52. The van der Waals surface area contributed by atoms with Crippen LogP contribution < -0.4 is 0 Å². The number of rotatable bonds is 2. The Morgan fingerprint density at radius 3 is 2.79 bits per heavy atom. The maximum atomic E-state index is 10.9. The van der Waals surface area contributed by atoms with Crippen LogP contribution >= 0.6 is 11.8 Å². The Bertz CT molecular complexity index is 228. The molecule has 80 valence electrons. The fraction of sp³-hybridized carbons (Fsp3) is 0.900. The Labute approximate surface area is 88.9 Å². The molecule has 3 nitrogen and oxygen atoms in total. The topological polar surface area (TPSA) is 40.5 Å². The summed E-state index contributed by atoms with van der Waals surface area (Å²) in [5.74, 6) is 2.00. The van der Waals surface area contributed by atoms with Gasteiger partial charge in [-0.15, -0.1) is 0 Å². The van der Waals surface area contributed by atoms with E-state index in [2.05, 4.69) is 11.8 Å². The average molecular weight is 215 g/mol. The van der Waals surface area contributed by atoms with Gasteiger partial charge in [0.25, 0.3) is 0 Å². The highest BCUT2D eigenvalue weighted by atomic mass is 32.2. The van der Waals surface area contributed by atoms with Crippen molar-refractivity contribution in [2.75, 3.05) is 24.6 Å². The molecule has 0 spiro atoms. The van der Waals surface area contributed by atoms with Crippen LogP contribution in [0.3, 0.4) is 0 Å². The number of aliphatic carboxylic acids is 1. The molecule has 2 heterocycles. The van der Waals surface area contributed by atoms with Crippen LogP contribution in [0.2, 0.25) is 0 Å². The average Bonchev–Trinajstić information content (AvgIpc) is 2.70. The minimum Gasteiger partial charge on any atom is -0.481 e. The summed E-state index contributed by atoms with van der Waals surface area (Å²) < 4.78 is 0. The summed E-state index contributed by atoms with van der Waals surface area (Å²) in [5.41, 5.74) is 0. The van der Waals surface area contributed by atoms with E-state index in [0.717, 1.165) is 13.1 Å². The number of carboxylic acid groups (broad SMARTS) is 1. The molecule has 4 heteroatoms. The van der Waals surface area contributed by atoms with Crippen LogP contribution in [-0.2, 0) is 4.79 Å². The molecular formula is C10H17NO2S. The summed E-state index contributed by atoms with van der Waals surface area (Å²) in [6, 6.07) is 0.645. The normalized spacial score (nSPS) is 39.1. The van der Waals surface area contributed by atoms with E-state index >= 15 is 0 Å². The summed E-state index contributed by atoms with van der Waals surface area (Å²) in [6.45, 7) is 3.80. The van der Waals surface area contributed by atoms with Crippen molar-refractivity contribution >= 4 is 17.7 Å². The van der Waals surface area contributed by atoms with Crippen LogP contribution in [0.1, 0.15) is 13.3 Å². The van der Waals surface area contributed by atoms with Crippen molar-refractivity contribution in [3.8, 4) is 0 Å². The standard InChI is InChI=1S/C10H17NO2S/c1-7-4-11(5-9(7)10(12)13)8-2-3-14-6-8/h7-9H,2-6H2,1H3,(H,12,13). The first-order valence-electron chi connectivity index (χ1n) is 5.23. The second-order valence-corrected chi connectivity index (χ2v) is 5.54. The molecule has 1 N–H and O–H groups in total. The van der Waals surface area contributed by atoms with Crippen LogP contribution in [0.4, 0.5) is 0 Å². The van der Waals surface area contributed by atoms with Crippen molar-refractivity contribution in [2.24, 2.45) is 11.8 Å². The molecule has 2 rings (SSSR count). The molecule has 2 aliphatic rings. The van der Waals surface area contributed by atoms with E-state index in [9.17, 15) is 4.79 Å². The van der Waals surface area contributed by atoms with Gasteiger partial charge >= 0.3 is 5.97 Å². The van der Waals surface area contributed by atoms with Crippen LogP contribution in [0.25, 0.3) is 0 Å². The van der Waals surface area contributed by atoms with Crippen LogP contribution in [0.5, 0.6) is 0 Å². The van der Waals surface area contributed by atoms with Crippen LogP contribution in [-0.4, -0.2) is 46.6 Å². The van der Waals surface area contributed by atoms with Crippen molar-refractivity contribution in [3.05, 3.63) is 0 Å². The molecule has 0 aromatic heterocycles. The van der Waals surface area contributed by atoms with E-state index in [1.54, 1.807) is 0 Å². The monoisotopic (exact) mass is 215 g/mol. The van der Waals surface area contributed by atoms with Crippen molar-refractivity contribution in [2.45, 2.75) is 19.4 Å². The van der Waals surface area contributed by atoms with Gasteiger partial charge < -0.3 is 5.11 Å². The van der Waals surface area contributed by atoms with Crippen molar-refractivity contribution in [1.29, 1.82) is 0 Å². The smallest absolute Gasteiger partial charge is 0.308 e. The number of thioether (sulfide) groups is 1. The quantitative estimate of drug-likeness (QED) is 0.750. The van der Waals surface area contributed by atoms with E-state index in [1.165, 1.54) is 17.9 Å². The van der Waals surface area contributed by atoms with E-state index in [-0.39, 0.29) is 5.92 Å². The molecule has 0 saturated carbocycles. The number of carboxylic acids is 1. The van der Waals surface area contributed by atoms with Crippen molar-refractivity contribution < 1.29 is 9.90 Å². The highest BCUT2D eigenvalue weighted by Gasteiger charge is 2.38. The molecule has 0 aromatic carbocycles. The molecule has 2 fully saturated rings. The van der Waals surface area contributed by atoms with Gasteiger partial charge in [0.05, 0.1) is 5.92 Å². The first-order valence-corrected chi connectivity index (χ1v) is 6.38. The molecule has 0 aliphatic carbocycles. The minimum absolute atomic E-state index is 0.138. The highest BCUT2D eigenvalue weighted by Crippen LogP contribution is 2.30. The third-order valence-electron chi connectivity index (χ3n) is 3.38. The number of nitrogens with zero attached hydrogens (tertiary/aromatic N) is 1. The summed E-state index contributed by atoms with van der Waals surface area (Å²) in [6.07, 6.45) is 1.24. The van der Waals surface area contributed by atoms with Gasteiger partial charge in [-0.25, -0.2) is 0 Å². The molecule has 2 saturated heterocycles. The van der Waals surface area contributed by atoms with E-state index in [4.69, 9.17) is 5.11 Å². The molecule has 14 heavy (non-hydrogen) atoms. The van der Waals surface area contributed by atoms with Crippen molar-refractivity contribution in [1.82, 2.24) is 4.90 Å². The first kappa shape index (κ1) is 10.3. The van der Waals surface area contributed by atoms with E-state index in [0.29, 0.717) is 12.0 Å². The molecular weight excluding hydrogens is 198 g/mol. The number of carbonyl (C=O) groups is 1. The predicted octanol–water partition coefficient (Wildman–Crippen LogP) is 1.14. The van der Waals surface area contributed by atoms with Gasteiger partial charge in [0.2, 0.25) is 0 Å². The fourth-order valence-electron chi connectivity index (χ4n) is 2.43. The summed E-state index contributed by atoms with van der Waals surface area (Å²) in [5, 5.41) is 9.01. The van der Waals surface area contributed by atoms with Crippen molar-refractivity contribution in [3.63, 3.8) is 0 Å². The Kier molecular flexibility index (Phi) is 3.02. The predicted molar refractivity (Wildman–Crippen MR) is 57.6 cm³/mol. The van der Waals surface area contributed by atoms with Crippen LogP contribution in [0.15, 0.2) is 0 Å². The van der Waals surface area contributed by atoms with Gasteiger partial charge in [-0.2, -0.15) is 11.8 Å². The Hall–Kier alpha value is -0.220. The maximum absolute atomic E-state index is 10.9. The minimum atomic E-state index is -0.620. The molecule has 0 radical (unpaired) electrons. The lowest BCUT2D eigenvalue weighted by Crippen LogP contribution is -2.34. The van der Waals surface area contributed by atoms with Gasteiger partial charge in [-0.05, 0) is 18.1 Å². The van der Waals surface area contributed by atoms with Gasteiger partial charge in [-0.3, -0.25) is 9.69 Å². The second kappa shape index (κ2) is 4.11. The van der Waals surface area contributed by atoms with Gasteiger partial charge in [0.1, 0.15) is 0 Å². The third kappa shape index (κ3) is 1.91. The van der Waals surface area contributed by atoms with Gasteiger partial charge in [0, 0.05) is 24.9 Å². The lowest BCUT2D eigenvalue weighted by Gasteiger charge is -2.22. The van der Waals surface area contributed by atoms with Crippen LogP contribution in [0, 0.1) is 11.8 Å². The SMILES string of the molecule is CC1CN(C2CCSC2)CC1C(=O)O. The first-order chi connectivity index (χ1) is 6.68. The highest BCUT2D eigenvalue weighted by molar-refractivity contribution is 7.99. The van der Waals surface area contributed by atoms with Gasteiger partial charge in [-0.1, -0.05) is 6.92 Å². The lowest BCUT2D eigenvalue weighted by atomic mass is 9.99. The van der Waals surface area contributed by atoms with E-state index in [1.807, 2.05) is 11.8 Å². The van der Waals surface area contributed by atoms with Gasteiger partial charge in [0.15, 0.2) is 0 Å². The summed E-state index contributed by atoms with van der Waals surface area (Å²) in [4.78, 5) is 13.3. The van der Waals surface area contributed by atoms with E-state index < -0.39 is 5.97 Å². The zero-order chi connectivity index (χ0) is 10.1. The Balaban J connectivity index is 1.94. The number of hydrogen-bond acceptors (Lipinski definition) is 3. The number of hydrogen-bond donors (Lipinski definition) is 1. The molecule has 0 amide bonds. The molecule has 0 bridgehead atoms. The molecule has 0 aromatic rings. The summed E-state index contributed by atoms with van der Waals surface area (Å²) >= 11 is 1.99.